The number of H-pyrrole nitrogens is 1. The summed E-state index contributed by atoms with van der Waals surface area (Å²) in [5.41, 5.74) is 12.8. The van der Waals surface area contributed by atoms with Crippen LogP contribution in [0.15, 0.2) is 24.4 Å². The van der Waals surface area contributed by atoms with Gasteiger partial charge in [0.15, 0.2) is 11.6 Å². The molecule has 1 amide bonds. The number of nitrogens with two attached hydrogens (primary N) is 2. The molecule has 7 N–H and O–H groups in total. The molecule has 0 aromatic carbocycles. The Bertz CT molecular complexity index is 1080. The Labute approximate surface area is 172 Å². The first-order valence-corrected chi connectivity index (χ1v) is 9.78. The van der Waals surface area contributed by atoms with E-state index in [1.54, 1.807) is 12.3 Å². The quantitative estimate of drug-likeness (QED) is 0.418. The normalized spacial score (nSPS) is 18.9. The number of rotatable bonds is 6. The summed E-state index contributed by atoms with van der Waals surface area (Å²) in [7, 11) is 1.50. The first-order valence-electron chi connectivity index (χ1n) is 9.78. The Balaban J connectivity index is 1.73. The number of hydrogen-bond donors (Lipinski definition) is 5. The molecule has 2 atom stereocenters. The topological polar surface area (TPSA) is 144 Å². The van der Waals surface area contributed by atoms with Gasteiger partial charge in [-0.2, -0.15) is 4.98 Å². The summed E-state index contributed by atoms with van der Waals surface area (Å²) < 4.78 is 19.9. The Morgan fingerprint density at radius 1 is 1.27 bits per heavy atom. The summed E-state index contributed by atoms with van der Waals surface area (Å²) in [5, 5.41) is 6.93. The minimum Gasteiger partial charge on any atom is -0.481 e. The molecule has 3 heterocycles. The van der Waals surface area contributed by atoms with Crippen molar-refractivity contribution in [2.24, 2.45) is 11.5 Å². The fourth-order valence-electron chi connectivity index (χ4n) is 3.74. The van der Waals surface area contributed by atoms with Crippen LogP contribution in [0.25, 0.3) is 11.0 Å². The molecule has 10 heteroatoms. The van der Waals surface area contributed by atoms with Gasteiger partial charge in [0.25, 0.3) is 5.91 Å². The van der Waals surface area contributed by atoms with Crippen molar-refractivity contribution in [1.82, 2.24) is 15.0 Å². The molecule has 0 spiro atoms. The monoisotopic (exact) mass is 413 g/mol. The number of anilines is 3. The molecular weight excluding hydrogens is 389 g/mol. The Morgan fingerprint density at radius 3 is 2.80 bits per heavy atom. The molecule has 0 radical (unpaired) electrons. The van der Waals surface area contributed by atoms with Crippen molar-refractivity contribution in [3.05, 3.63) is 35.8 Å². The summed E-state index contributed by atoms with van der Waals surface area (Å²) in [6.07, 6.45) is 5.49. The van der Waals surface area contributed by atoms with Gasteiger partial charge in [0, 0.05) is 29.7 Å². The predicted molar refractivity (Wildman–Crippen MR) is 112 cm³/mol. The van der Waals surface area contributed by atoms with Gasteiger partial charge in [-0.3, -0.25) is 4.79 Å². The molecule has 1 unspecified atom stereocenters. The minimum atomic E-state index is -0.795. The third-order valence-corrected chi connectivity index (χ3v) is 5.35. The minimum absolute atomic E-state index is 0.0242. The second-order valence-electron chi connectivity index (χ2n) is 7.36. The van der Waals surface area contributed by atoms with E-state index in [0.717, 1.165) is 37.1 Å². The second-order valence-corrected chi connectivity index (χ2v) is 7.36. The van der Waals surface area contributed by atoms with E-state index in [2.05, 4.69) is 25.6 Å². The van der Waals surface area contributed by atoms with E-state index in [1.165, 1.54) is 7.11 Å². The smallest absolute Gasteiger partial charge is 0.252 e. The molecule has 0 bridgehead atoms. The van der Waals surface area contributed by atoms with Crippen molar-refractivity contribution in [3.8, 4) is 5.88 Å². The molecule has 4 rings (SSSR count). The first kappa shape index (κ1) is 19.9. The Hall–Kier alpha value is -3.40. The highest BCUT2D eigenvalue weighted by molar-refractivity contribution is 6.00. The first-order chi connectivity index (χ1) is 14.5. The van der Waals surface area contributed by atoms with Gasteiger partial charge in [-0.05, 0) is 25.0 Å². The van der Waals surface area contributed by atoms with Crippen molar-refractivity contribution in [3.63, 3.8) is 0 Å². The number of methoxy groups -OCH3 is 1. The number of amides is 1. The number of aromatic amines is 1. The lowest BCUT2D eigenvalue weighted by atomic mass is 9.91. The number of fused-ring (bicyclic) bond motifs is 1. The summed E-state index contributed by atoms with van der Waals surface area (Å²) >= 11 is 0. The van der Waals surface area contributed by atoms with Crippen LogP contribution < -0.4 is 26.8 Å². The average molecular weight is 413 g/mol. The highest BCUT2D eigenvalue weighted by atomic mass is 19.1. The van der Waals surface area contributed by atoms with Crippen molar-refractivity contribution in [2.75, 3.05) is 17.7 Å². The maximum Gasteiger partial charge on any atom is 0.252 e. The second kappa shape index (κ2) is 8.15. The third kappa shape index (κ3) is 3.86. The number of nitrogens with zero attached hydrogens (tertiary/aromatic N) is 2. The molecule has 0 saturated heterocycles. The van der Waals surface area contributed by atoms with Crippen molar-refractivity contribution in [1.29, 1.82) is 0 Å². The highest BCUT2D eigenvalue weighted by Crippen LogP contribution is 2.31. The van der Waals surface area contributed by atoms with E-state index in [0.29, 0.717) is 17.2 Å². The SMILES string of the molecule is COc1cc(Nc2nc(NC3CCCC[C@@H]3N)c(F)cc2C(N)=O)c2cc[nH]c2n1. The molecule has 9 nitrogen and oxygen atoms in total. The number of pyridine rings is 2. The maximum atomic E-state index is 14.7. The lowest BCUT2D eigenvalue weighted by molar-refractivity contribution is 0.100. The number of ether oxygens (including phenoxy) is 1. The van der Waals surface area contributed by atoms with Crippen LogP contribution in [0.1, 0.15) is 36.0 Å². The zero-order valence-electron chi connectivity index (χ0n) is 16.5. The van der Waals surface area contributed by atoms with E-state index in [9.17, 15) is 9.18 Å². The van der Waals surface area contributed by atoms with E-state index in [1.807, 2.05) is 6.07 Å². The standard InChI is InChI=1S/C20H24FN7O2/c1-30-16-9-15(10-6-7-24-18(10)27-16)26-19-11(17(23)29)8-12(21)20(28-19)25-14-5-3-2-4-13(14)22/h6-9,13-14H,2-5,22H2,1H3,(H2,23,29)(H3,24,25,26,27,28)/t13-,14?/m0/s1. The van der Waals surface area contributed by atoms with Gasteiger partial charge in [0.2, 0.25) is 5.88 Å². The number of halogens is 1. The van der Waals surface area contributed by atoms with Gasteiger partial charge >= 0.3 is 0 Å². The molecule has 158 valence electrons. The predicted octanol–water partition coefficient (Wildman–Crippen LogP) is 2.63. The van der Waals surface area contributed by atoms with Gasteiger partial charge in [0.05, 0.1) is 18.4 Å². The van der Waals surface area contributed by atoms with Gasteiger partial charge in [0.1, 0.15) is 11.5 Å². The molecule has 0 aliphatic heterocycles. The lowest BCUT2D eigenvalue weighted by Gasteiger charge is -2.30. The Morgan fingerprint density at radius 2 is 2.07 bits per heavy atom. The van der Waals surface area contributed by atoms with Gasteiger partial charge in [-0.1, -0.05) is 12.8 Å². The van der Waals surface area contributed by atoms with Crippen LogP contribution in [0.2, 0.25) is 0 Å². The number of carbonyl (C=O) groups is 1. The zero-order valence-corrected chi connectivity index (χ0v) is 16.5. The van der Waals surface area contributed by atoms with Crippen molar-refractivity contribution >= 4 is 34.3 Å². The number of nitrogens with one attached hydrogen (secondary N) is 3. The molecule has 3 aromatic heterocycles. The largest absolute Gasteiger partial charge is 0.481 e. The molecular formula is C20H24FN7O2. The van der Waals surface area contributed by atoms with Gasteiger partial charge in [-0.15, -0.1) is 0 Å². The lowest BCUT2D eigenvalue weighted by Crippen LogP contribution is -2.43. The van der Waals surface area contributed by atoms with E-state index < -0.39 is 11.7 Å². The van der Waals surface area contributed by atoms with Crippen molar-refractivity contribution in [2.45, 2.75) is 37.8 Å². The number of hydrogen-bond acceptors (Lipinski definition) is 7. The van der Waals surface area contributed by atoms with Crippen molar-refractivity contribution < 1.29 is 13.9 Å². The summed E-state index contributed by atoms with van der Waals surface area (Å²) in [4.78, 5) is 23.6. The van der Waals surface area contributed by atoms with Crippen LogP contribution in [0, 0.1) is 5.82 Å². The average Bonchev–Trinajstić information content (AvgIpc) is 3.20. The third-order valence-electron chi connectivity index (χ3n) is 5.35. The summed E-state index contributed by atoms with van der Waals surface area (Å²) in [6, 6.07) is 4.39. The maximum absolute atomic E-state index is 14.7. The van der Waals surface area contributed by atoms with Crippen LogP contribution in [0.4, 0.5) is 21.7 Å². The summed E-state index contributed by atoms with van der Waals surface area (Å²) in [5.74, 6) is -0.938. The van der Waals surface area contributed by atoms with E-state index in [4.69, 9.17) is 16.2 Å². The fraction of sp³-hybridized carbons (Fsp3) is 0.350. The molecule has 1 saturated carbocycles. The van der Waals surface area contributed by atoms with E-state index in [-0.39, 0.29) is 29.3 Å². The van der Waals surface area contributed by atoms with E-state index >= 15 is 0 Å². The number of aromatic nitrogens is 3. The molecule has 1 aliphatic rings. The fourth-order valence-corrected chi connectivity index (χ4v) is 3.74. The molecule has 3 aromatic rings. The number of primary amides is 1. The zero-order chi connectivity index (χ0) is 21.3. The van der Waals surface area contributed by atoms with Gasteiger partial charge in [-0.25, -0.2) is 9.37 Å². The van der Waals surface area contributed by atoms with Crippen LogP contribution in [0.5, 0.6) is 5.88 Å². The van der Waals surface area contributed by atoms with Crippen LogP contribution in [-0.4, -0.2) is 40.1 Å². The van der Waals surface area contributed by atoms with Crippen LogP contribution >= 0.6 is 0 Å². The molecule has 30 heavy (non-hydrogen) atoms. The summed E-state index contributed by atoms with van der Waals surface area (Å²) in [6.45, 7) is 0. The van der Waals surface area contributed by atoms with Crippen LogP contribution in [0.3, 0.4) is 0 Å². The molecule has 1 fully saturated rings. The highest BCUT2D eigenvalue weighted by Gasteiger charge is 2.24. The molecule has 1 aliphatic carbocycles. The number of carbonyl (C=O) groups excluding carboxylic acids is 1. The van der Waals surface area contributed by atoms with Crippen LogP contribution in [-0.2, 0) is 0 Å². The Kier molecular flexibility index (Phi) is 5.40. The van der Waals surface area contributed by atoms with Gasteiger partial charge < -0.3 is 31.8 Å².